The summed E-state index contributed by atoms with van der Waals surface area (Å²) in [6, 6.07) is 18.9. The first-order chi connectivity index (χ1) is 12.5. The van der Waals surface area contributed by atoms with Crippen molar-refractivity contribution >= 4 is 10.0 Å². The van der Waals surface area contributed by atoms with Crippen LogP contribution in [0.2, 0.25) is 0 Å². The number of nitrogens with zero attached hydrogens (tertiary/aromatic N) is 3. The molecule has 1 heterocycles. The number of nitriles is 1. The summed E-state index contributed by atoms with van der Waals surface area (Å²) in [7, 11) is -3.32. The molecule has 1 aliphatic heterocycles. The second-order valence-corrected chi connectivity index (χ2v) is 8.67. The van der Waals surface area contributed by atoms with Gasteiger partial charge in [0.05, 0.1) is 17.4 Å². The van der Waals surface area contributed by atoms with E-state index in [2.05, 4.69) is 11.0 Å². The van der Waals surface area contributed by atoms with E-state index in [4.69, 9.17) is 5.26 Å². The van der Waals surface area contributed by atoms with Crippen molar-refractivity contribution in [3.05, 3.63) is 71.3 Å². The van der Waals surface area contributed by atoms with Crippen LogP contribution in [0.3, 0.4) is 0 Å². The Kier molecular flexibility index (Phi) is 5.72. The average molecular weight is 369 g/mol. The van der Waals surface area contributed by atoms with Crippen LogP contribution in [0.25, 0.3) is 0 Å². The van der Waals surface area contributed by atoms with Crippen LogP contribution in [0.1, 0.15) is 23.6 Å². The van der Waals surface area contributed by atoms with Crippen LogP contribution in [0.5, 0.6) is 0 Å². The predicted octanol–water partition coefficient (Wildman–Crippen LogP) is 2.59. The number of hydrogen-bond donors (Lipinski definition) is 0. The molecule has 1 aliphatic rings. The van der Waals surface area contributed by atoms with Gasteiger partial charge in [-0.3, -0.25) is 4.90 Å². The molecule has 0 spiro atoms. The van der Waals surface area contributed by atoms with Crippen LogP contribution >= 0.6 is 0 Å². The van der Waals surface area contributed by atoms with Gasteiger partial charge < -0.3 is 0 Å². The number of hydrogen-bond acceptors (Lipinski definition) is 4. The Balaban J connectivity index is 1.61. The fourth-order valence-corrected chi connectivity index (χ4v) is 5.14. The van der Waals surface area contributed by atoms with Crippen LogP contribution in [0.15, 0.2) is 54.6 Å². The Labute approximate surface area is 155 Å². The van der Waals surface area contributed by atoms with Gasteiger partial charge in [0, 0.05) is 32.2 Å². The highest BCUT2D eigenvalue weighted by atomic mass is 32.2. The lowest BCUT2D eigenvalue weighted by molar-refractivity contribution is 0.138. The number of rotatable bonds is 5. The largest absolute Gasteiger partial charge is 0.296 e. The predicted molar refractivity (Wildman–Crippen MR) is 102 cm³/mol. The normalized spacial score (nSPS) is 19.2. The zero-order valence-corrected chi connectivity index (χ0v) is 15.7. The smallest absolute Gasteiger partial charge is 0.218 e. The Bertz CT molecular complexity index is 874. The molecule has 0 radical (unpaired) electrons. The van der Waals surface area contributed by atoms with E-state index in [1.807, 2.05) is 61.5 Å². The van der Waals surface area contributed by atoms with E-state index in [9.17, 15) is 8.42 Å². The van der Waals surface area contributed by atoms with E-state index in [-0.39, 0.29) is 11.8 Å². The Morgan fingerprint density at radius 3 is 2.35 bits per heavy atom. The minimum absolute atomic E-state index is 0.0494. The minimum Gasteiger partial charge on any atom is -0.296 e. The van der Waals surface area contributed by atoms with Gasteiger partial charge in [0.25, 0.3) is 0 Å². The summed E-state index contributed by atoms with van der Waals surface area (Å²) in [4.78, 5) is 2.26. The zero-order valence-electron chi connectivity index (χ0n) is 14.9. The fraction of sp³-hybridized carbons (Fsp3) is 0.350. The molecular weight excluding hydrogens is 346 g/mol. The van der Waals surface area contributed by atoms with E-state index >= 15 is 0 Å². The maximum absolute atomic E-state index is 12.8. The van der Waals surface area contributed by atoms with Gasteiger partial charge >= 0.3 is 0 Å². The third-order valence-electron chi connectivity index (χ3n) is 4.69. The highest BCUT2D eigenvalue weighted by Crippen LogP contribution is 2.19. The van der Waals surface area contributed by atoms with E-state index in [1.54, 1.807) is 4.31 Å². The summed E-state index contributed by atoms with van der Waals surface area (Å²) in [6.45, 7) is 4.65. The molecule has 6 heteroatoms. The molecule has 2 aromatic rings. The van der Waals surface area contributed by atoms with Gasteiger partial charge in [0.2, 0.25) is 10.0 Å². The third-order valence-corrected chi connectivity index (χ3v) is 6.64. The quantitative estimate of drug-likeness (QED) is 0.813. The number of sulfonamides is 1. The number of piperazine rings is 1. The summed E-state index contributed by atoms with van der Waals surface area (Å²) in [5, 5.41) is 8.87. The van der Waals surface area contributed by atoms with Crippen molar-refractivity contribution in [3.8, 4) is 6.07 Å². The molecule has 2 aromatic carbocycles. The maximum Gasteiger partial charge on any atom is 0.218 e. The summed E-state index contributed by atoms with van der Waals surface area (Å²) in [5.41, 5.74) is 2.61. The van der Waals surface area contributed by atoms with Gasteiger partial charge in [-0.2, -0.15) is 9.57 Å². The summed E-state index contributed by atoms with van der Waals surface area (Å²) in [6.07, 6.45) is 0. The standard InChI is InChI=1S/C20H23N3O2S/c1-17-14-22(15-19-9-7-18(13-21)8-10-19)11-12-23(17)26(24,25)16-20-5-3-2-4-6-20/h2-10,17H,11-12,14-16H2,1H3. The van der Waals surface area contributed by atoms with Crippen LogP contribution < -0.4 is 0 Å². The maximum atomic E-state index is 12.8. The summed E-state index contributed by atoms with van der Waals surface area (Å²) < 4.78 is 27.2. The van der Waals surface area contributed by atoms with Crippen LogP contribution in [0, 0.1) is 11.3 Å². The molecule has 1 unspecified atom stereocenters. The first kappa shape index (κ1) is 18.6. The third kappa shape index (κ3) is 4.50. The highest BCUT2D eigenvalue weighted by Gasteiger charge is 2.32. The first-order valence-corrected chi connectivity index (χ1v) is 10.3. The molecule has 0 N–H and O–H groups in total. The van der Waals surface area contributed by atoms with Crippen LogP contribution in [0.4, 0.5) is 0 Å². The molecule has 3 rings (SSSR count). The summed E-state index contributed by atoms with van der Waals surface area (Å²) in [5.74, 6) is 0.0494. The van der Waals surface area contributed by atoms with Crippen LogP contribution in [-0.2, 0) is 22.3 Å². The molecule has 1 atom stereocenters. The monoisotopic (exact) mass is 369 g/mol. The average Bonchev–Trinajstić information content (AvgIpc) is 2.62. The van der Waals surface area contributed by atoms with Crippen LogP contribution in [-0.4, -0.2) is 43.3 Å². The Morgan fingerprint density at radius 1 is 1.04 bits per heavy atom. The number of benzene rings is 2. The van der Waals surface area contributed by atoms with E-state index in [0.29, 0.717) is 25.2 Å². The van der Waals surface area contributed by atoms with Gasteiger partial charge in [0.15, 0.2) is 0 Å². The fourth-order valence-electron chi connectivity index (χ4n) is 3.38. The van der Waals surface area contributed by atoms with Gasteiger partial charge in [-0.15, -0.1) is 0 Å². The molecular formula is C20H23N3O2S. The van der Waals surface area contributed by atoms with E-state index in [0.717, 1.165) is 17.7 Å². The Hall–Kier alpha value is -2.20. The molecule has 0 amide bonds. The molecule has 0 saturated carbocycles. The van der Waals surface area contributed by atoms with Crippen molar-refractivity contribution in [3.63, 3.8) is 0 Å². The topological polar surface area (TPSA) is 64.4 Å². The molecule has 0 aromatic heterocycles. The van der Waals surface area contributed by atoms with Gasteiger partial charge in [-0.05, 0) is 30.2 Å². The molecule has 1 saturated heterocycles. The molecule has 0 aliphatic carbocycles. The van der Waals surface area contributed by atoms with Crippen molar-refractivity contribution in [2.45, 2.75) is 25.3 Å². The van der Waals surface area contributed by atoms with Crippen molar-refractivity contribution in [1.29, 1.82) is 5.26 Å². The zero-order chi connectivity index (χ0) is 18.6. The lowest BCUT2D eigenvalue weighted by Gasteiger charge is -2.39. The van der Waals surface area contributed by atoms with E-state index < -0.39 is 10.0 Å². The minimum atomic E-state index is -3.32. The molecule has 26 heavy (non-hydrogen) atoms. The Morgan fingerprint density at radius 2 is 1.73 bits per heavy atom. The van der Waals surface area contributed by atoms with Crippen molar-refractivity contribution in [2.24, 2.45) is 0 Å². The lowest BCUT2D eigenvalue weighted by Crippen LogP contribution is -2.53. The second kappa shape index (κ2) is 8.00. The van der Waals surface area contributed by atoms with Gasteiger partial charge in [-0.25, -0.2) is 8.42 Å². The van der Waals surface area contributed by atoms with Crippen molar-refractivity contribution in [2.75, 3.05) is 19.6 Å². The molecule has 0 bridgehead atoms. The molecule has 5 nitrogen and oxygen atoms in total. The van der Waals surface area contributed by atoms with Gasteiger partial charge in [0.1, 0.15) is 0 Å². The SMILES string of the molecule is CC1CN(Cc2ccc(C#N)cc2)CCN1S(=O)(=O)Cc1ccccc1. The van der Waals surface area contributed by atoms with Crippen molar-refractivity contribution < 1.29 is 8.42 Å². The van der Waals surface area contributed by atoms with Crippen molar-refractivity contribution in [1.82, 2.24) is 9.21 Å². The summed E-state index contributed by atoms with van der Waals surface area (Å²) >= 11 is 0. The second-order valence-electron chi connectivity index (χ2n) is 6.75. The van der Waals surface area contributed by atoms with E-state index in [1.165, 1.54) is 0 Å². The molecule has 1 fully saturated rings. The molecule has 136 valence electrons. The van der Waals surface area contributed by atoms with Gasteiger partial charge in [-0.1, -0.05) is 42.5 Å². The first-order valence-electron chi connectivity index (χ1n) is 8.73. The lowest BCUT2D eigenvalue weighted by atomic mass is 10.1. The highest BCUT2D eigenvalue weighted by molar-refractivity contribution is 7.88.